The lowest BCUT2D eigenvalue weighted by Crippen LogP contribution is -2.34. The summed E-state index contributed by atoms with van der Waals surface area (Å²) < 4.78 is 0.892. The number of hydrogen-bond acceptors (Lipinski definition) is 2. The first kappa shape index (κ1) is 19.5. The molecule has 27 heavy (non-hydrogen) atoms. The molecule has 2 amide bonds. The van der Waals surface area contributed by atoms with Gasteiger partial charge in [-0.15, -0.1) is 0 Å². The number of rotatable bonds is 4. The molecule has 138 valence electrons. The fourth-order valence-electron chi connectivity index (χ4n) is 2.52. The van der Waals surface area contributed by atoms with E-state index in [-0.39, 0.29) is 23.3 Å². The smallest absolute Gasteiger partial charge is 0.326 e. The Morgan fingerprint density at radius 1 is 1.04 bits per heavy atom. The highest BCUT2D eigenvalue weighted by atomic mass is 79.9. The SMILES string of the molecule is O=C(Nc1ccccc1)N(Cc1cc(Cl)cc(Cl)c1O)c1ccc(Br)cc1. The van der Waals surface area contributed by atoms with Gasteiger partial charge in [0.05, 0.1) is 11.6 Å². The summed E-state index contributed by atoms with van der Waals surface area (Å²) in [4.78, 5) is 14.4. The second kappa shape index (κ2) is 8.65. The van der Waals surface area contributed by atoms with Crippen molar-refractivity contribution in [3.05, 3.63) is 86.8 Å². The molecule has 0 aliphatic rings. The quantitative estimate of drug-likeness (QED) is 0.450. The van der Waals surface area contributed by atoms with Crippen LogP contribution < -0.4 is 10.2 Å². The van der Waals surface area contributed by atoms with Crippen molar-refractivity contribution in [2.24, 2.45) is 0 Å². The van der Waals surface area contributed by atoms with Crippen LogP contribution >= 0.6 is 39.1 Å². The van der Waals surface area contributed by atoms with Crippen LogP contribution in [0.25, 0.3) is 0 Å². The summed E-state index contributed by atoms with van der Waals surface area (Å²) in [6.07, 6.45) is 0. The van der Waals surface area contributed by atoms with Crippen LogP contribution in [0.2, 0.25) is 10.0 Å². The van der Waals surface area contributed by atoms with Crippen LogP contribution in [0.1, 0.15) is 5.56 Å². The lowest BCUT2D eigenvalue weighted by atomic mass is 10.1. The molecule has 0 saturated heterocycles. The van der Waals surface area contributed by atoms with E-state index in [0.29, 0.717) is 22.0 Å². The minimum atomic E-state index is -0.348. The molecular formula is C20H15BrCl2N2O2. The van der Waals surface area contributed by atoms with Crippen LogP contribution in [0, 0.1) is 0 Å². The summed E-state index contributed by atoms with van der Waals surface area (Å²) in [6.45, 7) is 0.0897. The van der Waals surface area contributed by atoms with Crippen LogP contribution in [-0.4, -0.2) is 11.1 Å². The summed E-state index contributed by atoms with van der Waals surface area (Å²) >= 11 is 15.5. The van der Waals surface area contributed by atoms with E-state index in [1.54, 1.807) is 30.3 Å². The van der Waals surface area contributed by atoms with Crippen molar-refractivity contribution in [3.8, 4) is 5.75 Å². The van der Waals surface area contributed by atoms with Gasteiger partial charge in [-0.1, -0.05) is 57.3 Å². The molecule has 0 saturated carbocycles. The zero-order chi connectivity index (χ0) is 19.4. The predicted octanol–water partition coefficient (Wildman–Crippen LogP) is 6.70. The summed E-state index contributed by atoms with van der Waals surface area (Å²) in [5.41, 5.74) is 1.76. The van der Waals surface area contributed by atoms with E-state index < -0.39 is 0 Å². The third-order valence-electron chi connectivity index (χ3n) is 3.84. The first-order valence-corrected chi connectivity index (χ1v) is 9.55. The Morgan fingerprint density at radius 2 is 1.70 bits per heavy atom. The number of hydrogen-bond donors (Lipinski definition) is 2. The lowest BCUT2D eigenvalue weighted by molar-refractivity contribution is 0.256. The molecule has 0 fully saturated rings. The molecular weight excluding hydrogens is 451 g/mol. The standard InChI is InChI=1S/C20H15BrCl2N2O2/c21-14-6-8-17(9-7-14)25(20(27)24-16-4-2-1-3-5-16)12-13-10-15(22)11-18(23)19(13)26/h1-11,26H,12H2,(H,24,27). The summed E-state index contributed by atoms with van der Waals surface area (Å²) in [7, 11) is 0. The van der Waals surface area contributed by atoms with E-state index in [9.17, 15) is 9.90 Å². The Hall–Kier alpha value is -2.21. The molecule has 4 nitrogen and oxygen atoms in total. The van der Waals surface area contributed by atoms with Crippen molar-refractivity contribution in [1.82, 2.24) is 0 Å². The van der Waals surface area contributed by atoms with Gasteiger partial charge in [-0.2, -0.15) is 0 Å². The maximum Gasteiger partial charge on any atom is 0.326 e. The maximum absolute atomic E-state index is 12.9. The number of carbonyl (C=O) groups is 1. The summed E-state index contributed by atoms with van der Waals surface area (Å²) in [5.74, 6) is -0.101. The maximum atomic E-state index is 12.9. The molecule has 7 heteroatoms. The van der Waals surface area contributed by atoms with Gasteiger partial charge in [0.15, 0.2) is 0 Å². The molecule has 0 spiro atoms. The molecule has 3 rings (SSSR count). The van der Waals surface area contributed by atoms with Gasteiger partial charge in [0, 0.05) is 26.4 Å². The van der Waals surface area contributed by atoms with Gasteiger partial charge in [-0.25, -0.2) is 4.79 Å². The number of benzene rings is 3. The number of amides is 2. The van der Waals surface area contributed by atoms with E-state index in [1.807, 2.05) is 30.3 Å². The largest absolute Gasteiger partial charge is 0.506 e. The minimum absolute atomic E-state index is 0.0897. The van der Waals surface area contributed by atoms with Crippen molar-refractivity contribution >= 4 is 56.5 Å². The van der Waals surface area contributed by atoms with Crippen LogP contribution in [0.15, 0.2) is 71.2 Å². The molecule has 2 N–H and O–H groups in total. The third kappa shape index (κ3) is 4.95. The normalized spacial score (nSPS) is 10.5. The van der Waals surface area contributed by atoms with E-state index in [1.165, 1.54) is 11.0 Å². The second-order valence-corrected chi connectivity index (χ2v) is 7.51. The number of urea groups is 1. The molecule has 0 radical (unpaired) electrons. The highest BCUT2D eigenvalue weighted by molar-refractivity contribution is 9.10. The number of phenols is 1. The molecule has 0 heterocycles. The topological polar surface area (TPSA) is 52.6 Å². The number of halogens is 3. The van der Waals surface area contributed by atoms with Crippen LogP contribution in [0.4, 0.5) is 16.2 Å². The first-order valence-electron chi connectivity index (χ1n) is 8.00. The Bertz CT molecular complexity index is 950. The number of nitrogens with one attached hydrogen (secondary N) is 1. The molecule has 0 unspecified atom stereocenters. The fraction of sp³-hybridized carbons (Fsp3) is 0.0500. The van der Waals surface area contributed by atoms with Gasteiger partial charge >= 0.3 is 6.03 Å². The zero-order valence-electron chi connectivity index (χ0n) is 14.0. The van der Waals surface area contributed by atoms with Crippen molar-refractivity contribution in [3.63, 3.8) is 0 Å². The Balaban J connectivity index is 1.95. The van der Waals surface area contributed by atoms with Crippen molar-refractivity contribution in [2.75, 3.05) is 10.2 Å². The molecule has 3 aromatic rings. The molecule has 3 aromatic carbocycles. The number of aromatic hydroxyl groups is 1. The minimum Gasteiger partial charge on any atom is -0.506 e. The van der Waals surface area contributed by atoms with Gasteiger partial charge < -0.3 is 10.4 Å². The molecule has 0 aliphatic carbocycles. The van der Waals surface area contributed by atoms with Crippen molar-refractivity contribution < 1.29 is 9.90 Å². The number of para-hydroxylation sites is 1. The van der Waals surface area contributed by atoms with E-state index >= 15 is 0 Å². The number of carbonyl (C=O) groups excluding carboxylic acids is 1. The van der Waals surface area contributed by atoms with Crippen molar-refractivity contribution in [2.45, 2.75) is 6.54 Å². The number of anilines is 2. The average molecular weight is 466 g/mol. The fourth-order valence-corrected chi connectivity index (χ4v) is 3.32. The van der Waals surface area contributed by atoms with E-state index in [4.69, 9.17) is 23.2 Å². The van der Waals surface area contributed by atoms with E-state index in [0.717, 1.165) is 4.47 Å². The summed E-state index contributed by atoms with van der Waals surface area (Å²) in [6, 6.07) is 19.1. The highest BCUT2D eigenvalue weighted by Gasteiger charge is 2.19. The zero-order valence-corrected chi connectivity index (χ0v) is 17.1. The van der Waals surface area contributed by atoms with E-state index in [2.05, 4.69) is 21.2 Å². The average Bonchev–Trinajstić information content (AvgIpc) is 2.65. The van der Waals surface area contributed by atoms with Crippen LogP contribution in [-0.2, 0) is 6.54 Å². The molecule has 0 atom stereocenters. The third-order valence-corrected chi connectivity index (χ3v) is 4.88. The second-order valence-electron chi connectivity index (χ2n) is 5.75. The Morgan fingerprint density at radius 3 is 2.37 bits per heavy atom. The van der Waals surface area contributed by atoms with Crippen molar-refractivity contribution in [1.29, 1.82) is 0 Å². The van der Waals surface area contributed by atoms with Gasteiger partial charge in [0.25, 0.3) is 0 Å². The lowest BCUT2D eigenvalue weighted by Gasteiger charge is -2.24. The number of nitrogens with zero attached hydrogens (tertiary/aromatic N) is 1. The predicted molar refractivity (Wildman–Crippen MR) is 114 cm³/mol. The molecule has 0 aromatic heterocycles. The molecule has 0 aliphatic heterocycles. The van der Waals surface area contributed by atoms with Gasteiger partial charge in [-0.3, -0.25) is 4.90 Å². The Kier molecular flexibility index (Phi) is 6.26. The Labute approximate surface area is 175 Å². The summed E-state index contributed by atoms with van der Waals surface area (Å²) in [5, 5.41) is 13.6. The first-order chi connectivity index (χ1) is 12.9. The van der Waals surface area contributed by atoms with Gasteiger partial charge in [0.1, 0.15) is 5.75 Å². The van der Waals surface area contributed by atoms with Gasteiger partial charge in [0.2, 0.25) is 0 Å². The van der Waals surface area contributed by atoms with Crippen LogP contribution in [0.3, 0.4) is 0 Å². The monoisotopic (exact) mass is 464 g/mol. The molecule has 0 bridgehead atoms. The van der Waals surface area contributed by atoms with Crippen LogP contribution in [0.5, 0.6) is 5.75 Å². The highest BCUT2D eigenvalue weighted by Crippen LogP contribution is 2.33. The van der Waals surface area contributed by atoms with Gasteiger partial charge in [-0.05, 0) is 48.5 Å². The number of phenolic OH excluding ortho intramolecular Hbond substituents is 1.